The molecular formula is C29H31F2N7O5S. The molecule has 0 radical (unpaired) electrons. The van der Waals surface area contributed by atoms with Gasteiger partial charge in [0.05, 0.1) is 36.8 Å². The maximum Gasteiger partial charge on any atom is 0.330 e. The normalized spacial score (nSPS) is 16.2. The predicted molar refractivity (Wildman–Crippen MR) is 158 cm³/mol. The summed E-state index contributed by atoms with van der Waals surface area (Å²) >= 11 is 0. The molecule has 3 aromatic heterocycles. The van der Waals surface area contributed by atoms with E-state index in [0.29, 0.717) is 47.7 Å². The number of rotatable bonds is 7. The number of hydrogen-bond acceptors (Lipinski definition) is 11. The molecule has 0 unspecified atom stereocenters. The number of fused-ring (bicyclic) bond motifs is 1. The van der Waals surface area contributed by atoms with Crippen molar-refractivity contribution < 1.29 is 31.6 Å². The summed E-state index contributed by atoms with van der Waals surface area (Å²) < 4.78 is 62.2. The zero-order valence-corrected chi connectivity index (χ0v) is 25.5. The number of hydroxylamine groups is 2. The van der Waals surface area contributed by atoms with Gasteiger partial charge in [-0.3, -0.25) is 4.72 Å². The van der Waals surface area contributed by atoms with Crippen molar-refractivity contribution in [3.05, 3.63) is 60.6 Å². The molecule has 1 N–H and O–H groups in total. The Balaban J connectivity index is 1.47. The first kappa shape index (κ1) is 30.9. The molecule has 1 aliphatic heterocycles. The van der Waals surface area contributed by atoms with Crippen LogP contribution in [0.3, 0.4) is 0 Å². The van der Waals surface area contributed by atoms with Crippen molar-refractivity contribution in [3.63, 3.8) is 0 Å². The number of pyridine rings is 2. The summed E-state index contributed by atoms with van der Waals surface area (Å²) in [6, 6.07) is 7.52. The maximum atomic E-state index is 14.3. The van der Waals surface area contributed by atoms with Crippen LogP contribution in [0.25, 0.3) is 22.3 Å². The Morgan fingerprint density at radius 3 is 2.45 bits per heavy atom. The summed E-state index contributed by atoms with van der Waals surface area (Å²) in [4.78, 5) is 37.3. The van der Waals surface area contributed by atoms with Crippen molar-refractivity contribution in [2.24, 2.45) is 5.41 Å². The summed E-state index contributed by atoms with van der Waals surface area (Å²) in [6.45, 7) is 8.72. The van der Waals surface area contributed by atoms with Crippen molar-refractivity contribution in [3.8, 4) is 17.1 Å². The number of nitrogens with zero attached hydrogens (tertiary/aromatic N) is 6. The number of carbonyl (C=O) groups is 1. The van der Waals surface area contributed by atoms with Crippen molar-refractivity contribution in [2.45, 2.75) is 38.6 Å². The van der Waals surface area contributed by atoms with Gasteiger partial charge in [0.1, 0.15) is 34.1 Å². The smallest absolute Gasteiger partial charge is 0.330 e. The second-order valence-electron chi connectivity index (χ2n) is 11.3. The fraction of sp³-hybridized carbons (Fsp3) is 0.345. The zero-order valence-electron chi connectivity index (χ0n) is 24.7. The number of aromatic nitrogens is 4. The van der Waals surface area contributed by atoms with Gasteiger partial charge in [-0.1, -0.05) is 6.07 Å². The van der Waals surface area contributed by atoms with Crippen LogP contribution in [0, 0.1) is 17.0 Å². The second kappa shape index (κ2) is 11.9. The molecule has 4 heterocycles. The Hall–Kier alpha value is -4.50. The number of benzene rings is 1. The van der Waals surface area contributed by atoms with E-state index in [1.165, 1.54) is 25.7 Å². The lowest BCUT2D eigenvalue weighted by molar-refractivity contribution is -0.203. The maximum absolute atomic E-state index is 14.3. The molecule has 5 rings (SSSR count). The summed E-state index contributed by atoms with van der Waals surface area (Å²) in [5, 5.41) is 1.64. The minimum Gasteiger partial charge on any atom is -0.480 e. The summed E-state index contributed by atoms with van der Waals surface area (Å²) in [5.41, 5.74) is 0.199. The number of carbonyl (C=O) groups excluding carboxylic acids is 1. The van der Waals surface area contributed by atoms with E-state index in [-0.39, 0.29) is 17.9 Å². The summed E-state index contributed by atoms with van der Waals surface area (Å²) in [6.07, 6.45) is 2.81. The van der Waals surface area contributed by atoms with E-state index in [1.807, 2.05) is 16.5 Å². The molecule has 1 fully saturated rings. The molecule has 12 nitrogen and oxygen atoms in total. The average molecular weight is 628 g/mol. The molecule has 1 aliphatic rings. The van der Waals surface area contributed by atoms with Crippen LogP contribution in [0.4, 0.5) is 20.3 Å². The number of sulfonamides is 1. The van der Waals surface area contributed by atoms with Crippen molar-refractivity contribution in [1.82, 2.24) is 25.0 Å². The number of piperazine rings is 1. The second-order valence-corrected chi connectivity index (χ2v) is 12.9. The number of nitrogens with one attached hydrogen (secondary N) is 1. The highest BCUT2D eigenvalue weighted by Gasteiger charge is 2.32. The van der Waals surface area contributed by atoms with Crippen LogP contribution < -0.4 is 14.4 Å². The van der Waals surface area contributed by atoms with Crippen LogP contribution in [-0.4, -0.2) is 72.2 Å². The van der Waals surface area contributed by atoms with Crippen LogP contribution in [0.5, 0.6) is 5.88 Å². The molecule has 1 atom stereocenters. The van der Waals surface area contributed by atoms with Crippen molar-refractivity contribution in [1.29, 1.82) is 0 Å². The Morgan fingerprint density at radius 1 is 1.07 bits per heavy atom. The Kier molecular flexibility index (Phi) is 8.36. The largest absolute Gasteiger partial charge is 0.480 e. The molecule has 0 aliphatic carbocycles. The third kappa shape index (κ3) is 6.24. The fourth-order valence-corrected chi connectivity index (χ4v) is 5.80. The average Bonchev–Trinajstić information content (AvgIpc) is 2.98. The molecule has 0 bridgehead atoms. The minimum absolute atomic E-state index is 0.107. The monoisotopic (exact) mass is 627 g/mol. The third-order valence-electron chi connectivity index (χ3n) is 6.95. The van der Waals surface area contributed by atoms with E-state index in [4.69, 9.17) is 14.6 Å². The van der Waals surface area contributed by atoms with Gasteiger partial charge in [0.2, 0.25) is 5.88 Å². The fourth-order valence-electron chi connectivity index (χ4n) is 4.58. The molecule has 1 saturated heterocycles. The van der Waals surface area contributed by atoms with E-state index >= 15 is 0 Å². The van der Waals surface area contributed by atoms with E-state index in [2.05, 4.69) is 15.0 Å². The Morgan fingerprint density at radius 2 is 1.80 bits per heavy atom. The number of halogens is 2. The third-order valence-corrected chi connectivity index (χ3v) is 8.29. The van der Waals surface area contributed by atoms with Gasteiger partial charge in [-0.2, -0.15) is 0 Å². The van der Waals surface area contributed by atoms with E-state index in [1.54, 1.807) is 38.0 Å². The number of methoxy groups -OCH3 is 1. The Labute approximate surface area is 253 Å². The molecule has 15 heteroatoms. The number of ether oxygens (including phenoxy) is 1. The molecule has 0 spiro atoms. The molecule has 1 aromatic carbocycles. The molecule has 0 saturated carbocycles. The number of anilines is 2. The molecule has 44 heavy (non-hydrogen) atoms. The minimum atomic E-state index is -4.55. The predicted octanol–water partition coefficient (Wildman–Crippen LogP) is 4.19. The van der Waals surface area contributed by atoms with Crippen LogP contribution >= 0.6 is 0 Å². The first-order chi connectivity index (χ1) is 20.8. The quantitative estimate of drug-likeness (QED) is 0.316. The molecule has 232 valence electrons. The number of hydrogen-bond donors (Lipinski definition) is 1. The van der Waals surface area contributed by atoms with Crippen LogP contribution in [0.2, 0.25) is 0 Å². The van der Waals surface area contributed by atoms with Gasteiger partial charge in [0.25, 0.3) is 10.0 Å². The Bertz CT molecular complexity index is 1810. The summed E-state index contributed by atoms with van der Waals surface area (Å²) in [7, 11) is -3.32. The summed E-state index contributed by atoms with van der Waals surface area (Å²) in [5.74, 6) is -2.20. The van der Waals surface area contributed by atoms with Gasteiger partial charge in [0, 0.05) is 24.3 Å². The van der Waals surface area contributed by atoms with E-state index in [9.17, 15) is 22.0 Å². The van der Waals surface area contributed by atoms with Gasteiger partial charge < -0.3 is 14.5 Å². The van der Waals surface area contributed by atoms with Crippen LogP contribution in [0.15, 0.2) is 53.8 Å². The van der Waals surface area contributed by atoms with E-state index < -0.39 is 37.7 Å². The molecule has 4 aromatic rings. The van der Waals surface area contributed by atoms with Crippen molar-refractivity contribution in [2.75, 3.05) is 36.4 Å². The van der Waals surface area contributed by atoms with Gasteiger partial charge in [-0.25, -0.2) is 41.9 Å². The zero-order chi connectivity index (χ0) is 31.8. The highest BCUT2D eigenvalue weighted by Crippen LogP contribution is 2.32. The topological polar surface area (TPSA) is 140 Å². The van der Waals surface area contributed by atoms with Crippen LogP contribution in [-0.2, 0) is 19.7 Å². The number of para-hydroxylation sites is 1. The SMILES string of the molecule is COc1ncc(-c2ccc3ncnc(N4CCN(OC(=O)C(C)(C)C)C[C@@H]4C)c3n2)cc1S(=O)(=O)Nc1c(F)cccc1F. The lowest BCUT2D eigenvalue weighted by atomic mass is 9.98. The molecule has 0 amide bonds. The van der Waals surface area contributed by atoms with Gasteiger partial charge in [-0.05, 0) is 58.0 Å². The first-order valence-electron chi connectivity index (χ1n) is 13.7. The van der Waals surface area contributed by atoms with E-state index in [0.717, 1.165) is 18.2 Å². The first-order valence-corrected chi connectivity index (χ1v) is 15.1. The van der Waals surface area contributed by atoms with Crippen molar-refractivity contribution >= 4 is 38.5 Å². The lowest BCUT2D eigenvalue weighted by Crippen LogP contribution is -2.53. The van der Waals surface area contributed by atoms with Gasteiger partial charge in [0.15, 0.2) is 5.82 Å². The van der Waals surface area contributed by atoms with Gasteiger partial charge >= 0.3 is 5.97 Å². The van der Waals surface area contributed by atoms with Gasteiger partial charge in [-0.15, -0.1) is 5.06 Å². The van der Waals surface area contributed by atoms with Crippen LogP contribution in [0.1, 0.15) is 27.7 Å². The standard InChI is InChI=1S/C29H31F2N7O5S/c1-17-15-37(43-28(39)29(2,3)4)11-12-38(17)26-25-22(33-16-34-26)10-9-21(35-25)18-13-23(27(42-5)32-14-18)44(40,41)36-24-19(30)7-6-8-20(24)31/h6-10,13-14,16-17,36H,11-12,15H2,1-5H3/t17-/m0/s1. The molecular weight excluding hydrogens is 596 g/mol. The highest BCUT2D eigenvalue weighted by molar-refractivity contribution is 7.92. The lowest BCUT2D eigenvalue weighted by Gasteiger charge is -2.40. The highest BCUT2D eigenvalue weighted by atomic mass is 32.2.